The largest absolute Gasteiger partial charge is 0.333 e. The summed E-state index contributed by atoms with van der Waals surface area (Å²) in [6.45, 7) is 1.56. The van der Waals surface area contributed by atoms with Gasteiger partial charge in [-0.2, -0.15) is 18.6 Å². The average Bonchev–Trinajstić information content (AvgIpc) is 3.15. The number of amides is 4. The first-order valence-electron chi connectivity index (χ1n) is 9.75. The fraction of sp³-hybridized carbons (Fsp3) is 0.647. The van der Waals surface area contributed by atoms with Crippen LogP contribution in [0.5, 0.6) is 0 Å². The standard InChI is InChI=1S/C17H23N3O11S/c1-10-8-12(21)19(16(10)25)29-14(23)6-4-2-3-5-7-15(24)30-20-13(22)9-11(17(20)26)32(27,28)31-18/h10-11H,2-9,18H2,1H3. The van der Waals surface area contributed by atoms with Crippen molar-refractivity contribution in [2.24, 2.45) is 11.8 Å². The van der Waals surface area contributed by atoms with E-state index in [2.05, 4.69) is 15.0 Å². The topological polar surface area (TPSA) is 197 Å². The molecule has 2 N–H and O–H groups in total. The molecule has 0 aromatic rings. The van der Waals surface area contributed by atoms with Crippen molar-refractivity contribution in [2.75, 3.05) is 0 Å². The van der Waals surface area contributed by atoms with Gasteiger partial charge in [0.1, 0.15) is 0 Å². The fourth-order valence-corrected chi connectivity index (χ4v) is 3.83. The predicted octanol–water partition coefficient (Wildman–Crippen LogP) is -1.01. The van der Waals surface area contributed by atoms with E-state index in [0.717, 1.165) is 0 Å². The van der Waals surface area contributed by atoms with Crippen molar-refractivity contribution in [2.45, 2.75) is 63.5 Å². The second-order valence-electron chi connectivity index (χ2n) is 7.28. The highest BCUT2D eigenvalue weighted by Crippen LogP contribution is 2.22. The van der Waals surface area contributed by atoms with Crippen LogP contribution >= 0.6 is 0 Å². The van der Waals surface area contributed by atoms with Crippen molar-refractivity contribution in [3.05, 3.63) is 0 Å². The Kier molecular flexibility index (Phi) is 8.40. The van der Waals surface area contributed by atoms with Gasteiger partial charge in [-0.25, -0.2) is 9.59 Å². The van der Waals surface area contributed by atoms with Crippen molar-refractivity contribution >= 4 is 45.7 Å². The van der Waals surface area contributed by atoms with Gasteiger partial charge in [0.05, 0.1) is 6.42 Å². The molecule has 2 fully saturated rings. The number of carbonyl (C=O) groups excluding carboxylic acids is 6. The second-order valence-corrected chi connectivity index (χ2v) is 9.03. The number of carbonyl (C=O) groups is 6. The van der Waals surface area contributed by atoms with Crippen LogP contribution in [0.2, 0.25) is 0 Å². The van der Waals surface area contributed by atoms with Crippen LogP contribution in [0, 0.1) is 5.92 Å². The van der Waals surface area contributed by atoms with Crippen LogP contribution in [-0.2, 0) is 52.8 Å². The minimum absolute atomic E-state index is 0.00585. The Bertz CT molecular complexity index is 917. The first-order valence-corrected chi connectivity index (χ1v) is 11.2. The number of nitrogens with zero attached hydrogens (tertiary/aromatic N) is 2. The molecule has 0 spiro atoms. The molecule has 0 aromatic heterocycles. The second kappa shape index (κ2) is 10.6. The molecular weight excluding hydrogens is 454 g/mol. The first-order chi connectivity index (χ1) is 15.0. The van der Waals surface area contributed by atoms with E-state index in [1.54, 1.807) is 6.92 Å². The number of imide groups is 2. The lowest BCUT2D eigenvalue weighted by Gasteiger charge is -2.13. The van der Waals surface area contributed by atoms with Crippen molar-refractivity contribution in [1.82, 2.24) is 10.1 Å². The van der Waals surface area contributed by atoms with Gasteiger partial charge in [-0.3, -0.25) is 19.2 Å². The summed E-state index contributed by atoms with van der Waals surface area (Å²) in [5.74, 6) is -0.991. The molecular formula is C17H23N3O11S. The summed E-state index contributed by atoms with van der Waals surface area (Å²) in [6.07, 6.45) is 0.715. The van der Waals surface area contributed by atoms with E-state index in [-0.39, 0.29) is 24.3 Å². The molecule has 14 nitrogen and oxygen atoms in total. The Balaban J connectivity index is 1.63. The maximum atomic E-state index is 11.9. The van der Waals surface area contributed by atoms with E-state index in [0.29, 0.717) is 30.7 Å². The molecule has 4 amide bonds. The smallest absolute Gasteiger partial charge is 0.330 e. The van der Waals surface area contributed by atoms with Gasteiger partial charge in [0.25, 0.3) is 33.7 Å². The highest BCUT2D eigenvalue weighted by Gasteiger charge is 2.49. The molecule has 2 saturated heterocycles. The maximum Gasteiger partial charge on any atom is 0.333 e. The summed E-state index contributed by atoms with van der Waals surface area (Å²) in [5.41, 5.74) is 0. The number of unbranched alkanes of at least 4 members (excludes halogenated alkanes) is 3. The van der Waals surface area contributed by atoms with Gasteiger partial charge >= 0.3 is 11.9 Å². The SMILES string of the molecule is CC1CC(=O)N(OC(=O)CCCCCCC(=O)ON2C(=O)CC(S(=O)(=O)ON)C2=O)C1=O. The molecule has 15 heteroatoms. The summed E-state index contributed by atoms with van der Waals surface area (Å²) in [6, 6.07) is 0. The zero-order valence-corrected chi connectivity index (χ0v) is 18.0. The summed E-state index contributed by atoms with van der Waals surface area (Å²) in [7, 11) is -4.50. The van der Waals surface area contributed by atoms with Crippen molar-refractivity contribution in [3.63, 3.8) is 0 Å². The van der Waals surface area contributed by atoms with Crippen molar-refractivity contribution < 1.29 is 51.1 Å². The zero-order chi connectivity index (χ0) is 24.1. The van der Waals surface area contributed by atoms with E-state index in [9.17, 15) is 37.2 Å². The lowest BCUT2D eigenvalue weighted by molar-refractivity contribution is -0.198. The minimum atomic E-state index is -4.50. The van der Waals surface area contributed by atoms with Crippen LogP contribution in [0.4, 0.5) is 0 Å². The lowest BCUT2D eigenvalue weighted by atomic mass is 10.1. The number of rotatable bonds is 11. The first kappa shape index (κ1) is 25.4. The summed E-state index contributed by atoms with van der Waals surface area (Å²) in [5, 5.41) is -1.30. The van der Waals surface area contributed by atoms with Gasteiger partial charge in [0.15, 0.2) is 5.25 Å². The Morgan fingerprint density at radius 1 is 0.875 bits per heavy atom. The van der Waals surface area contributed by atoms with Crippen LogP contribution in [0.25, 0.3) is 0 Å². The Hall–Kier alpha value is -2.91. The highest BCUT2D eigenvalue weighted by atomic mass is 32.2. The molecule has 178 valence electrons. The van der Waals surface area contributed by atoms with Crippen molar-refractivity contribution in [3.8, 4) is 0 Å². The molecule has 2 unspecified atom stereocenters. The van der Waals surface area contributed by atoms with Gasteiger partial charge in [0, 0.05) is 25.2 Å². The zero-order valence-electron chi connectivity index (χ0n) is 17.2. The van der Waals surface area contributed by atoms with Gasteiger partial charge in [-0.1, -0.05) is 19.8 Å². The summed E-state index contributed by atoms with van der Waals surface area (Å²) in [4.78, 5) is 79.9. The molecule has 2 aliphatic rings. The molecule has 0 aliphatic carbocycles. The number of nitrogens with two attached hydrogens (primary N) is 1. The summed E-state index contributed by atoms with van der Waals surface area (Å²) >= 11 is 0. The van der Waals surface area contributed by atoms with Gasteiger partial charge in [-0.15, -0.1) is 10.1 Å². The van der Waals surface area contributed by atoms with Crippen molar-refractivity contribution in [1.29, 1.82) is 0 Å². The normalized spacial score (nSPS) is 21.4. The third-order valence-corrected chi connectivity index (χ3v) is 6.11. The van der Waals surface area contributed by atoms with Crippen LogP contribution in [0.15, 0.2) is 0 Å². The molecule has 2 atom stereocenters. The number of hydrogen-bond acceptors (Lipinski definition) is 12. The third-order valence-electron chi connectivity index (χ3n) is 4.77. The van der Waals surface area contributed by atoms with Crippen LogP contribution in [0.1, 0.15) is 58.3 Å². The molecule has 2 rings (SSSR count). The predicted molar refractivity (Wildman–Crippen MR) is 100.0 cm³/mol. The maximum absolute atomic E-state index is 11.9. The molecule has 32 heavy (non-hydrogen) atoms. The van der Waals surface area contributed by atoms with Crippen LogP contribution in [-0.4, -0.2) is 59.4 Å². The molecule has 2 aliphatic heterocycles. The van der Waals surface area contributed by atoms with Gasteiger partial charge in [-0.05, 0) is 12.8 Å². The fourth-order valence-electron chi connectivity index (χ4n) is 3.01. The minimum Gasteiger partial charge on any atom is -0.330 e. The van der Waals surface area contributed by atoms with Crippen LogP contribution < -0.4 is 5.90 Å². The molecule has 0 saturated carbocycles. The van der Waals surface area contributed by atoms with Crippen LogP contribution in [0.3, 0.4) is 0 Å². The van der Waals surface area contributed by atoms with Gasteiger partial charge < -0.3 is 9.68 Å². The Morgan fingerprint density at radius 2 is 1.34 bits per heavy atom. The van der Waals surface area contributed by atoms with E-state index < -0.39 is 63.3 Å². The van der Waals surface area contributed by atoms with E-state index in [4.69, 9.17) is 4.84 Å². The van der Waals surface area contributed by atoms with E-state index in [1.165, 1.54) is 0 Å². The summed E-state index contributed by atoms with van der Waals surface area (Å²) < 4.78 is 26.7. The number of hydroxylamine groups is 4. The monoisotopic (exact) mass is 477 g/mol. The lowest BCUT2D eigenvalue weighted by Crippen LogP contribution is -2.37. The van der Waals surface area contributed by atoms with E-state index in [1.807, 2.05) is 0 Å². The Morgan fingerprint density at radius 3 is 1.78 bits per heavy atom. The molecule has 2 heterocycles. The molecule has 0 aromatic carbocycles. The molecule has 0 bridgehead atoms. The van der Waals surface area contributed by atoms with E-state index >= 15 is 0 Å². The number of hydrogen-bond donors (Lipinski definition) is 1. The van der Waals surface area contributed by atoms with Gasteiger partial charge in [0.2, 0.25) is 0 Å². The third kappa shape index (κ3) is 6.08. The average molecular weight is 477 g/mol. The Labute approximate surface area is 182 Å². The highest BCUT2D eigenvalue weighted by molar-refractivity contribution is 7.88. The molecule has 0 radical (unpaired) electrons. The quantitative estimate of drug-likeness (QED) is 0.216.